The Kier molecular flexibility index (Phi) is 10.9. The van der Waals surface area contributed by atoms with Crippen molar-refractivity contribution in [2.24, 2.45) is 0 Å². The third kappa shape index (κ3) is 7.14. The van der Waals surface area contributed by atoms with Gasteiger partial charge in [0.1, 0.15) is 77.0 Å². The van der Waals surface area contributed by atoms with Gasteiger partial charge in [-0.1, -0.05) is 0 Å². The Labute approximate surface area is 291 Å². The second-order valence-electron chi connectivity index (χ2n) is 12.7. The standard InChI is InChI=1S/C32H38O20/c33-10-3-1-9(2-4-10)26-27(19(38)16-12(35)7-11(34)8-15(16)47-26)50-32-28(51-31-25(44)21(40)24(43)30(46)52-31)22(41)18(37)14(49-32)6-5-13-17(36)20(39)23(42)29(45)48-13/h1-4,7-8,13-14,17-18,20-25,28-37,39-46H,5-6H2/t13-,14?,17?,18-,20+,21+,22+,23+,24+,25?,28?,29?,30?,31-,32-/m0/s1. The van der Waals surface area contributed by atoms with Crippen LogP contribution in [0.1, 0.15) is 12.8 Å². The number of phenolic OH excluding ortho intramolecular Hbond substituents is 3. The first kappa shape index (κ1) is 38.0. The average Bonchev–Trinajstić information content (AvgIpc) is 3.10. The van der Waals surface area contributed by atoms with Gasteiger partial charge >= 0.3 is 0 Å². The molecule has 0 amide bonds. The lowest BCUT2D eigenvalue weighted by Gasteiger charge is -2.46. The smallest absolute Gasteiger partial charge is 0.239 e. The minimum atomic E-state index is -2.10. The molecule has 286 valence electrons. The second kappa shape index (κ2) is 15.0. The molecule has 0 spiro atoms. The first-order valence-corrected chi connectivity index (χ1v) is 16.0. The van der Waals surface area contributed by atoms with Crippen molar-refractivity contribution in [1.29, 1.82) is 0 Å². The summed E-state index contributed by atoms with van der Waals surface area (Å²) in [6.07, 6.45) is -28.6. The molecule has 3 aliphatic rings. The van der Waals surface area contributed by atoms with Gasteiger partial charge in [-0.3, -0.25) is 4.79 Å². The maximum absolute atomic E-state index is 14.0. The summed E-state index contributed by atoms with van der Waals surface area (Å²) >= 11 is 0. The Hall–Kier alpha value is -3.71. The fourth-order valence-electron chi connectivity index (χ4n) is 6.27. The molecule has 20 heteroatoms. The molecule has 2 aromatic carbocycles. The molecule has 3 saturated heterocycles. The minimum Gasteiger partial charge on any atom is -0.508 e. The van der Waals surface area contributed by atoms with Gasteiger partial charge in [0, 0.05) is 17.7 Å². The van der Waals surface area contributed by atoms with Crippen molar-refractivity contribution in [1.82, 2.24) is 0 Å². The molecule has 0 bridgehead atoms. The second-order valence-corrected chi connectivity index (χ2v) is 12.7. The maximum atomic E-state index is 14.0. The molecule has 52 heavy (non-hydrogen) atoms. The van der Waals surface area contributed by atoms with Crippen molar-refractivity contribution in [3.8, 4) is 34.3 Å². The Morgan fingerprint density at radius 2 is 1.17 bits per heavy atom. The van der Waals surface area contributed by atoms with E-state index >= 15 is 0 Å². The van der Waals surface area contributed by atoms with Crippen molar-refractivity contribution in [3.63, 3.8) is 0 Å². The molecular formula is C32H38O20. The molecule has 20 nitrogen and oxygen atoms in total. The van der Waals surface area contributed by atoms with Gasteiger partial charge < -0.3 is 94.5 Å². The van der Waals surface area contributed by atoms with Gasteiger partial charge in [0.25, 0.3) is 0 Å². The van der Waals surface area contributed by atoms with E-state index < -0.39 is 120 Å². The molecule has 3 fully saturated rings. The number of phenols is 3. The molecule has 3 aromatic rings. The average molecular weight is 743 g/mol. The van der Waals surface area contributed by atoms with Gasteiger partial charge in [0.05, 0.1) is 12.2 Å². The first-order chi connectivity index (χ1) is 24.6. The Bertz CT molecular complexity index is 1770. The number of benzene rings is 2. The largest absolute Gasteiger partial charge is 0.508 e. The third-order valence-electron chi connectivity index (χ3n) is 9.18. The zero-order valence-electron chi connectivity index (χ0n) is 26.7. The van der Waals surface area contributed by atoms with E-state index in [0.717, 1.165) is 12.1 Å². The maximum Gasteiger partial charge on any atom is 0.239 e. The van der Waals surface area contributed by atoms with Crippen molar-refractivity contribution < 1.29 is 94.5 Å². The van der Waals surface area contributed by atoms with Crippen LogP contribution in [0, 0.1) is 0 Å². The lowest BCUT2D eigenvalue weighted by Crippen LogP contribution is -2.64. The summed E-state index contributed by atoms with van der Waals surface area (Å²) in [4.78, 5) is 14.0. The predicted molar refractivity (Wildman–Crippen MR) is 166 cm³/mol. The fourth-order valence-corrected chi connectivity index (χ4v) is 6.27. The van der Waals surface area contributed by atoms with Gasteiger partial charge in [0.15, 0.2) is 30.7 Å². The van der Waals surface area contributed by atoms with Crippen LogP contribution < -0.4 is 10.2 Å². The highest BCUT2D eigenvalue weighted by atomic mass is 16.8. The Morgan fingerprint density at radius 3 is 1.83 bits per heavy atom. The van der Waals surface area contributed by atoms with Crippen LogP contribution in [0.4, 0.5) is 0 Å². The van der Waals surface area contributed by atoms with Crippen LogP contribution >= 0.6 is 0 Å². The van der Waals surface area contributed by atoms with E-state index in [1.807, 2.05) is 0 Å². The Balaban J connectivity index is 1.38. The topological polar surface area (TPSA) is 339 Å². The normalized spacial score (nSPS) is 38.3. The van der Waals surface area contributed by atoms with Crippen LogP contribution in [0.5, 0.6) is 23.0 Å². The molecule has 3 aliphatic heterocycles. The number of aliphatic hydroxyl groups is 10. The van der Waals surface area contributed by atoms with Crippen LogP contribution in [-0.2, 0) is 18.9 Å². The number of aromatic hydroxyl groups is 3. The zero-order valence-corrected chi connectivity index (χ0v) is 26.7. The summed E-state index contributed by atoms with van der Waals surface area (Å²) in [6.45, 7) is 0. The van der Waals surface area contributed by atoms with E-state index in [4.69, 9.17) is 28.1 Å². The summed E-state index contributed by atoms with van der Waals surface area (Å²) in [5.41, 5.74) is -1.25. The van der Waals surface area contributed by atoms with Crippen LogP contribution in [0.15, 0.2) is 45.6 Å². The van der Waals surface area contributed by atoms with E-state index in [1.54, 1.807) is 0 Å². The summed E-state index contributed by atoms with van der Waals surface area (Å²) in [7, 11) is 0. The summed E-state index contributed by atoms with van der Waals surface area (Å²) < 4.78 is 33.8. The van der Waals surface area contributed by atoms with Gasteiger partial charge in [0.2, 0.25) is 17.5 Å². The van der Waals surface area contributed by atoms with Gasteiger partial charge in [-0.05, 0) is 37.1 Å². The molecule has 0 aliphatic carbocycles. The SMILES string of the molecule is O=c1c(O[C@@H]2OC(CC[C@@H]3OC(O)[C@H](O)[C@H](O)C3O)[C@H](O)[C@@H](O)C2O[C@H]2OC(O)[C@H](O)[C@@H](O)C2O)c(-c2ccc(O)cc2)oc2cc(O)cc(O)c12. The molecule has 6 unspecified atom stereocenters. The highest BCUT2D eigenvalue weighted by molar-refractivity contribution is 5.88. The first-order valence-electron chi connectivity index (χ1n) is 16.0. The van der Waals surface area contributed by atoms with Gasteiger partial charge in [-0.25, -0.2) is 0 Å². The third-order valence-corrected chi connectivity index (χ3v) is 9.18. The Morgan fingerprint density at radius 1 is 0.596 bits per heavy atom. The number of hydrogen-bond acceptors (Lipinski definition) is 20. The molecule has 1 aromatic heterocycles. The molecule has 15 atom stereocenters. The number of hydrogen-bond donors (Lipinski definition) is 13. The summed E-state index contributed by atoms with van der Waals surface area (Å²) in [6, 6.07) is 7.01. The van der Waals surface area contributed by atoms with Crippen molar-refractivity contribution in [2.75, 3.05) is 0 Å². The van der Waals surface area contributed by atoms with Crippen molar-refractivity contribution in [2.45, 2.75) is 105 Å². The van der Waals surface area contributed by atoms with Gasteiger partial charge in [-0.2, -0.15) is 0 Å². The van der Waals surface area contributed by atoms with E-state index in [-0.39, 0.29) is 35.5 Å². The van der Waals surface area contributed by atoms with Crippen LogP contribution in [-0.4, -0.2) is 159 Å². The van der Waals surface area contributed by atoms with E-state index in [0.29, 0.717) is 0 Å². The number of aliphatic hydroxyl groups excluding tert-OH is 10. The van der Waals surface area contributed by atoms with Gasteiger partial charge in [-0.15, -0.1) is 0 Å². The minimum absolute atomic E-state index is 0.106. The van der Waals surface area contributed by atoms with Crippen LogP contribution in [0.25, 0.3) is 22.3 Å². The van der Waals surface area contributed by atoms with Crippen molar-refractivity contribution >= 4 is 11.0 Å². The molecular weight excluding hydrogens is 704 g/mol. The summed E-state index contributed by atoms with van der Waals surface area (Å²) in [5.74, 6) is -2.42. The van der Waals surface area contributed by atoms with E-state index in [9.17, 15) is 71.2 Å². The lowest BCUT2D eigenvalue weighted by atomic mass is 9.91. The predicted octanol–water partition coefficient (Wildman–Crippen LogP) is -3.87. The van der Waals surface area contributed by atoms with E-state index in [1.165, 1.54) is 24.3 Å². The molecule has 13 N–H and O–H groups in total. The zero-order chi connectivity index (χ0) is 37.8. The quantitative estimate of drug-likeness (QED) is 0.105. The van der Waals surface area contributed by atoms with E-state index in [2.05, 4.69) is 0 Å². The monoisotopic (exact) mass is 742 g/mol. The molecule has 0 radical (unpaired) electrons. The number of fused-ring (bicyclic) bond motifs is 1. The molecule has 0 saturated carbocycles. The lowest BCUT2D eigenvalue weighted by molar-refractivity contribution is -0.378. The highest BCUT2D eigenvalue weighted by Crippen LogP contribution is 2.39. The van der Waals surface area contributed by atoms with Crippen LogP contribution in [0.2, 0.25) is 0 Å². The number of ether oxygens (including phenoxy) is 5. The molecule has 4 heterocycles. The van der Waals surface area contributed by atoms with Crippen molar-refractivity contribution in [3.05, 3.63) is 46.6 Å². The fraction of sp³-hybridized carbons (Fsp3) is 0.531. The number of rotatable bonds is 8. The highest BCUT2D eigenvalue weighted by Gasteiger charge is 2.52. The molecule has 6 rings (SSSR count). The summed E-state index contributed by atoms with van der Waals surface area (Å²) in [5, 5.41) is 134. The van der Waals surface area contributed by atoms with Crippen LogP contribution in [0.3, 0.4) is 0 Å².